The van der Waals surface area contributed by atoms with E-state index >= 15 is 0 Å². The fourth-order valence-electron chi connectivity index (χ4n) is 3.09. The molecule has 0 unspecified atom stereocenters. The number of esters is 1. The molecule has 0 saturated heterocycles. The molecule has 1 fully saturated rings. The molecule has 1 aromatic rings. The van der Waals surface area contributed by atoms with Crippen LogP contribution in [0.3, 0.4) is 0 Å². The van der Waals surface area contributed by atoms with Crippen LogP contribution in [-0.4, -0.2) is 31.3 Å². The van der Waals surface area contributed by atoms with E-state index in [0.29, 0.717) is 29.5 Å². The van der Waals surface area contributed by atoms with Crippen LogP contribution in [0.5, 0.6) is 11.5 Å². The molecule has 6 heteroatoms. The van der Waals surface area contributed by atoms with Gasteiger partial charge in [0, 0.05) is 6.54 Å². The predicted molar refractivity (Wildman–Crippen MR) is 87.0 cm³/mol. The van der Waals surface area contributed by atoms with Gasteiger partial charge in [-0.25, -0.2) is 4.79 Å². The van der Waals surface area contributed by atoms with Gasteiger partial charge in [-0.15, -0.1) is 0 Å². The summed E-state index contributed by atoms with van der Waals surface area (Å²) in [5.41, 5.74) is 0.339. The van der Waals surface area contributed by atoms with Gasteiger partial charge in [-0.2, -0.15) is 0 Å². The van der Waals surface area contributed by atoms with Crippen LogP contribution >= 0.6 is 0 Å². The molecule has 24 heavy (non-hydrogen) atoms. The summed E-state index contributed by atoms with van der Waals surface area (Å²) in [4.78, 5) is 24.3. The Morgan fingerprint density at radius 1 is 1.21 bits per heavy atom. The van der Waals surface area contributed by atoms with Gasteiger partial charge < -0.3 is 19.5 Å². The van der Waals surface area contributed by atoms with E-state index in [-0.39, 0.29) is 12.7 Å². The molecule has 2 aliphatic rings. The van der Waals surface area contributed by atoms with Crippen LogP contribution in [0.4, 0.5) is 0 Å². The lowest BCUT2D eigenvalue weighted by Gasteiger charge is -2.22. The van der Waals surface area contributed by atoms with Crippen molar-refractivity contribution in [2.75, 3.05) is 13.3 Å². The second kappa shape index (κ2) is 7.55. The smallest absolute Gasteiger partial charge is 0.339 e. The van der Waals surface area contributed by atoms with E-state index in [1.165, 1.54) is 19.3 Å². The lowest BCUT2D eigenvalue weighted by molar-refractivity contribution is -0.129. The third-order valence-corrected chi connectivity index (χ3v) is 4.55. The topological polar surface area (TPSA) is 73.9 Å². The fraction of sp³-hybridized carbons (Fsp3) is 0.556. The van der Waals surface area contributed by atoms with E-state index in [9.17, 15) is 9.59 Å². The van der Waals surface area contributed by atoms with Crippen LogP contribution in [0.1, 0.15) is 49.4 Å². The van der Waals surface area contributed by atoms with E-state index in [4.69, 9.17) is 14.2 Å². The molecule has 1 aromatic carbocycles. The van der Waals surface area contributed by atoms with Crippen molar-refractivity contribution in [3.8, 4) is 11.5 Å². The number of benzene rings is 1. The number of ether oxygens (including phenoxy) is 3. The van der Waals surface area contributed by atoms with Crippen molar-refractivity contribution in [2.45, 2.75) is 45.1 Å². The van der Waals surface area contributed by atoms with Gasteiger partial charge in [0.15, 0.2) is 17.6 Å². The maximum Gasteiger partial charge on any atom is 0.339 e. The Morgan fingerprint density at radius 3 is 2.75 bits per heavy atom. The standard InChI is InChI=1S/C18H23NO5/c1-12(17(20)19-10-13-5-3-2-4-6-13)24-18(21)14-7-8-15-16(9-14)23-11-22-15/h7-9,12-13H,2-6,10-11H2,1H3,(H,19,20)/t12-/m0/s1. The zero-order valence-corrected chi connectivity index (χ0v) is 13.9. The van der Waals surface area contributed by atoms with Crippen molar-refractivity contribution >= 4 is 11.9 Å². The average molecular weight is 333 g/mol. The number of hydrogen-bond donors (Lipinski definition) is 1. The molecule has 0 bridgehead atoms. The highest BCUT2D eigenvalue weighted by Gasteiger charge is 2.22. The molecule has 1 atom stereocenters. The van der Waals surface area contributed by atoms with Crippen LogP contribution in [-0.2, 0) is 9.53 Å². The summed E-state index contributed by atoms with van der Waals surface area (Å²) in [7, 11) is 0. The van der Waals surface area contributed by atoms with E-state index < -0.39 is 12.1 Å². The lowest BCUT2D eigenvalue weighted by atomic mass is 9.89. The summed E-state index contributed by atoms with van der Waals surface area (Å²) < 4.78 is 15.7. The van der Waals surface area contributed by atoms with Crippen molar-refractivity contribution in [2.24, 2.45) is 5.92 Å². The molecule has 0 aromatic heterocycles. The number of carbonyl (C=O) groups excluding carboxylic acids is 2. The number of hydrogen-bond acceptors (Lipinski definition) is 5. The molecule has 1 amide bonds. The second-order valence-corrected chi connectivity index (χ2v) is 6.36. The Kier molecular flexibility index (Phi) is 5.23. The highest BCUT2D eigenvalue weighted by atomic mass is 16.7. The van der Waals surface area contributed by atoms with Crippen molar-refractivity contribution < 1.29 is 23.8 Å². The average Bonchev–Trinajstić information content (AvgIpc) is 3.08. The summed E-state index contributed by atoms with van der Waals surface area (Å²) in [5, 5.41) is 2.89. The van der Waals surface area contributed by atoms with Gasteiger partial charge in [-0.05, 0) is 43.9 Å². The zero-order chi connectivity index (χ0) is 16.9. The largest absolute Gasteiger partial charge is 0.454 e. The van der Waals surface area contributed by atoms with Crippen molar-refractivity contribution in [3.05, 3.63) is 23.8 Å². The molecule has 130 valence electrons. The van der Waals surface area contributed by atoms with Gasteiger partial charge in [-0.1, -0.05) is 19.3 Å². The Hall–Kier alpha value is -2.24. The first-order valence-electron chi connectivity index (χ1n) is 8.52. The van der Waals surface area contributed by atoms with E-state index in [0.717, 1.165) is 12.8 Å². The van der Waals surface area contributed by atoms with Gasteiger partial charge in [0.1, 0.15) is 0 Å². The first-order valence-corrected chi connectivity index (χ1v) is 8.52. The summed E-state index contributed by atoms with van der Waals surface area (Å²) in [5.74, 6) is 0.853. The third-order valence-electron chi connectivity index (χ3n) is 4.55. The molecule has 1 aliphatic heterocycles. The normalized spacial score (nSPS) is 18.0. The Balaban J connectivity index is 1.49. The van der Waals surface area contributed by atoms with Gasteiger partial charge in [0.2, 0.25) is 6.79 Å². The predicted octanol–water partition coefficient (Wildman–Crippen LogP) is 2.66. The minimum Gasteiger partial charge on any atom is -0.454 e. The summed E-state index contributed by atoms with van der Waals surface area (Å²) in [6.45, 7) is 2.39. The molecule has 3 rings (SSSR count). The maximum absolute atomic E-state index is 12.2. The monoisotopic (exact) mass is 333 g/mol. The van der Waals surface area contributed by atoms with E-state index in [1.54, 1.807) is 25.1 Å². The van der Waals surface area contributed by atoms with Gasteiger partial charge >= 0.3 is 5.97 Å². The first-order chi connectivity index (χ1) is 11.6. The highest BCUT2D eigenvalue weighted by Crippen LogP contribution is 2.32. The first kappa shape index (κ1) is 16.6. The summed E-state index contributed by atoms with van der Waals surface area (Å²) in [6, 6.07) is 4.83. The summed E-state index contributed by atoms with van der Waals surface area (Å²) in [6.07, 6.45) is 5.24. The minimum absolute atomic E-state index is 0.147. The van der Waals surface area contributed by atoms with E-state index in [2.05, 4.69) is 5.32 Å². The quantitative estimate of drug-likeness (QED) is 0.839. The zero-order valence-electron chi connectivity index (χ0n) is 13.9. The highest BCUT2D eigenvalue weighted by molar-refractivity contribution is 5.92. The number of fused-ring (bicyclic) bond motifs is 1. The van der Waals surface area contributed by atoms with Crippen LogP contribution in [0.2, 0.25) is 0 Å². The lowest BCUT2D eigenvalue weighted by Crippen LogP contribution is -2.38. The molecule has 6 nitrogen and oxygen atoms in total. The van der Waals surface area contributed by atoms with Crippen LogP contribution < -0.4 is 14.8 Å². The van der Waals surface area contributed by atoms with Crippen molar-refractivity contribution in [1.82, 2.24) is 5.32 Å². The van der Waals surface area contributed by atoms with E-state index in [1.807, 2.05) is 0 Å². The van der Waals surface area contributed by atoms with Gasteiger partial charge in [-0.3, -0.25) is 4.79 Å². The molecule has 1 N–H and O–H groups in total. The van der Waals surface area contributed by atoms with Crippen LogP contribution in [0.25, 0.3) is 0 Å². The van der Waals surface area contributed by atoms with Crippen LogP contribution in [0, 0.1) is 5.92 Å². The molecule has 1 heterocycles. The molecule has 1 saturated carbocycles. The van der Waals surface area contributed by atoms with Gasteiger partial charge in [0.25, 0.3) is 5.91 Å². The third kappa shape index (κ3) is 3.99. The Labute approximate surface area is 141 Å². The molecule has 0 spiro atoms. The number of nitrogens with one attached hydrogen (secondary N) is 1. The SMILES string of the molecule is C[C@H](OC(=O)c1ccc2c(c1)OCO2)C(=O)NCC1CCCCC1. The fourth-order valence-corrected chi connectivity index (χ4v) is 3.09. The molecule has 1 aliphatic carbocycles. The second-order valence-electron chi connectivity index (χ2n) is 6.36. The number of rotatable bonds is 5. The molecule has 0 radical (unpaired) electrons. The molecular weight excluding hydrogens is 310 g/mol. The molecular formula is C18H23NO5. The Bertz CT molecular complexity index is 609. The summed E-state index contributed by atoms with van der Waals surface area (Å²) >= 11 is 0. The number of amides is 1. The van der Waals surface area contributed by atoms with Crippen LogP contribution in [0.15, 0.2) is 18.2 Å². The Morgan fingerprint density at radius 2 is 1.96 bits per heavy atom. The minimum atomic E-state index is -0.827. The number of carbonyl (C=O) groups is 2. The van der Waals surface area contributed by atoms with Gasteiger partial charge in [0.05, 0.1) is 5.56 Å². The van der Waals surface area contributed by atoms with Crippen molar-refractivity contribution in [3.63, 3.8) is 0 Å². The van der Waals surface area contributed by atoms with Crippen molar-refractivity contribution in [1.29, 1.82) is 0 Å². The maximum atomic E-state index is 12.2.